The van der Waals surface area contributed by atoms with Gasteiger partial charge in [0.05, 0.1) is 11.3 Å². The van der Waals surface area contributed by atoms with E-state index in [0.717, 1.165) is 0 Å². The molecular formula is C15H14BrClN2O3S. The Balaban J connectivity index is 2.49. The third-order valence-electron chi connectivity index (χ3n) is 2.99. The molecule has 0 aliphatic heterocycles. The first-order valence-corrected chi connectivity index (χ1v) is 9.16. The van der Waals surface area contributed by atoms with Gasteiger partial charge in [0.25, 0.3) is 15.9 Å². The summed E-state index contributed by atoms with van der Waals surface area (Å²) in [5, 5.41) is 0.324. The highest BCUT2D eigenvalue weighted by Gasteiger charge is 2.21. The third-order valence-corrected chi connectivity index (χ3v) is 5.60. The van der Waals surface area contributed by atoms with Crippen LogP contribution in [0.25, 0.3) is 0 Å². The minimum atomic E-state index is -3.87. The first kappa shape index (κ1) is 17.8. The zero-order valence-electron chi connectivity index (χ0n) is 12.4. The molecule has 0 unspecified atom stereocenters. The van der Waals surface area contributed by atoms with Crippen molar-refractivity contribution >= 4 is 49.1 Å². The summed E-state index contributed by atoms with van der Waals surface area (Å²) in [4.78, 5) is 13.6. The van der Waals surface area contributed by atoms with Gasteiger partial charge in [-0.2, -0.15) is 0 Å². The van der Waals surface area contributed by atoms with E-state index in [9.17, 15) is 13.2 Å². The molecule has 23 heavy (non-hydrogen) atoms. The van der Waals surface area contributed by atoms with Gasteiger partial charge in [0, 0.05) is 23.6 Å². The number of hydrogen-bond acceptors (Lipinski definition) is 3. The van der Waals surface area contributed by atoms with Gasteiger partial charge in [-0.3, -0.25) is 9.52 Å². The standard InChI is InChI=1S/C15H14BrClN2O3S/c1-19(2)15(20)11-8-7-10(17)9-13(11)18-23(21,22)14-6-4-3-5-12(14)16/h3-9,18H,1-2H3. The van der Waals surface area contributed by atoms with E-state index in [-0.39, 0.29) is 22.1 Å². The van der Waals surface area contributed by atoms with Crippen molar-refractivity contribution in [2.45, 2.75) is 4.90 Å². The summed E-state index contributed by atoms with van der Waals surface area (Å²) in [5.41, 5.74) is 0.349. The summed E-state index contributed by atoms with van der Waals surface area (Å²) in [6.45, 7) is 0. The molecule has 0 saturated carbocycles. The van der Waals surface area contributed by atoms with Gasteiger partial charge in [-0.25, -0.2) is 8.42 Å². The van der Waals surface area contributed by atoms with E-state index in [1.54, 1.807) is 32.3 Å². The smallest absolute Gasteiger partial charge is 0.263 e. The van der Waals surface area contributed by atoms with Crippen molar-refractivity contribution in [1.29, 1.82) is 0 Å². The fraction of sp³-hybridized carbons (Fsp3) is 0.133. The number of nitrogens with one attached hydrogen (secondary N) is 1. The molecule has 0 fully saturated rings. The molecule has 1 amide bonds. The number of benzene rings is 2. The summed E-state index contributed by atoms with van der Waals surface area (Å²) >= 11 is 9.15. The summed E-state index contributed by atoms with van der Waals surface area (Å²) in [5.74, 6) is -0.327. The van der Waals surface area contributed by atoms with E-state index in [1.807, 2.05) is 0 Å². The highest BCUT2D eigenvalue weighted by Crippen LogP contribution is 2.27. The lowest BCUT2D eigenvalue weighted by Gasteiger charge is -2.16. The molecule has 0 bridgehead atoms. The van der Waals surface area contributed by atoms with Gasteiger partial charge in [0.1, 0.15) is 4.90 Å². The molecule has 0 aliphatic rings. The maximum atomic E-state index is 12.6. The summed E-state index contributed by atoms with van der Waals surface area (Å²) < 4.78 is 28.0. The van der Waals surface area contributed by atoms with Crippen LogP contribution in [-0.2, 0) is 10.0 Å². The molecule has 1 N–H and O–H groups in total. The number of rotatable bonds is 4. The summed E-state index contributed by atoms with van der Waals surface area (Å²) in [6.07, 6.45) is 0. The van der Waals surface area contributed by atoms with Crippen LogP contribution in [0.4, 0.5) is 5.69 Å². The van der Waals surface area contributed by atoms with Crippen LogP contribution in [-0.4, -0.2) is 33.3 Å². The molecule has 5 nitrogen and oxygen atoms in total. The average Bonchev–Trinajstić information content (AvgIpc) is 2.46. The van der Waals surface area contributed by atoms with E-state index in [4.69, 9.17) is 11.6 Å². The first-order chi connectivity index (χ1) is 10.7. The van der Waals surface area contributed by atoms with Crippen molar-refractivity contribution in [3.05, 3.63) is 57.5 Å². The minimum absolute atomic E-state index is 0.0724. The lowest BCUT2D eigenvalue weighted by molar-refractivity contribution is 0.0828. The number of carbonyl (C=O) groups is 1. The largest absolute Gasteiger partial charge is 0.345 e. The second-order valence-electron chi connectivity index (χ2n) is 4.93. The predicted octanol–water partition coefficient (Wildman–Crippen LogP) is 3.61. The Bertz CT molecular complexity index is 854. The molecule has 0 spiro atoms. The number of carbonyl (C=O) groups excluding carboxylic acids is 1. The second-order valence-corrected chi connectivity index (χ2v) is 7.87. The van der Waals surface area contributed by atoms with Crippen molar-refractivity contribution in [3.8, 4) is 0 Å². The zero-order valence-corrected chi connectivity index (χ0v) is 15.5. The van der Waals surface area contributed by atoms with E-state index in [0.29, 0.717) is 9.50 Å². The number of halogens is 2. The fourth-order valence-corrected chi connectivity index (χ4v) is 4.14. The van der Waals surface area contributed by atoms with Crippen molar-refractivity contribution in [2.24, 2.45) is 0 Å². The summed E-state index contributed by atoms with van der Waals surface area (Å²) in [7, 11) is -0.696. The lowest BCUT2D eigenvalue weighted by Crippen LogP contribution is -2.24. The van der Waals surface area contributed by atoms with Crippen molar-refractivity contribution in [1.82, 2.24) is 4.90 Å². The Labute approximate surface area is 148 Å². The molecule has 0 heterocycles. The fourth-order valence-electron chi connectivity index (χ4n) is 1.89. The van der Waals surface area contributed by atoms with Gasteiger partial charge in [-0.1, -0.05) is 23.7 Å². The summed E-state index contributed by atoms with van der Waals surface area (Å²) in [6, 6.07) is 10.8. The lowest BCUT2D eigenvalue weighted by atomic mass is 10.1. The van der Waals surface area contributed by atoms with Crippen molar-refractivity contribution < 1.29 is 13.2 Å². The number of hydrogen-bond donors (Lipinski definition) is 1. The molecule has 0 saturated heterocycles. The Morgan fingerprint density at radius 3 is 2.43 bits per heavy atom. The van der Waals surface area contributed by atoms with Crippen LogP contribution in [0.5, 0.6) is 0 Å². The van der Waals surface area contributed by atoms with E-state index >= 15 is 0 Å². The van der Waals surface area contributed by atoms with Crippen molar-refractivity contribution in [3.63, 3.8) is 0 Å². The van der Waals surface area contributed by atoms with Crippen LogP contribution in [0.15, 0.2) is 51.8 Å². The first-order valence-electron chi connectivity index (χ1n) is 6.51. The molecule has 2 rings (SSSR count). The van der Waals surface area contributed by atoms with Crippen LogP contribution in [0.2, 0.25) is 5.02 Å². The highest BCUT2D eigenvalue weighted by atomic mass is 79.9. The van der Waals surface area contributed by atoms with E-state index < -0.39 is 10.0 Å². The van der Waals surface area contributed by atoms with Gasteiger partial charge in [0.15, 0.2) is 0 Å². The third kappa shape index (κ3) is 4.04. The number of amides is 1. The minimum Gasteiger partial charge on any atom is -0.345 e. The molecule has 0 aliphatic carbocycles. The van der Waals surface area contributed by atoms with Crippen LogP contribution in [0.1, 0.15) is 10.4 Å². The Morgan fingerprint density at radius 1 is 1.17 bits per heavy atom. The molecule has 0 radical (unpaired) electrons. The average molecular weight is 418 g/mol. The Hall–Kier alpha value is -1.57. The van der Waals surface area contributed by atoms with Crippen LogP contribution < -0.4 is 4.72 Å². The van der Waals surface area contributed by atoms with Crippen LogP contribution >= 0.6 is 27.5 Å². The zero-order chi connectivity index (χ0) is 17.2. The van der Waals surface area contributed by atoms with Gasteiger partial charge in [-0.15, -0.1) is 0 Å². The molecule has 2 aromatic carbocycles. The molecule has 122 valence electrons. The molecule has 2 aromatic rings. The molecule has 8 heteroatoms. The quantitative estimate of drug-likeness (QED) is 0.826. The molecule has 0 atom stereocenters. The van der Waals surface area contributed by atoms with E-state index in [2.05, 4.69) is 20.7 Å². The molecule has 0 aromatic heterocycles. The topological polar surface area (TPSA) is 66.5 Å². The van der Waals surface area contributed by atoms with Gasteiger partial charge in [0.2, 0.25) is 0 Å². The maximum Gasteiger partial charge on any atom is 0.263 e. The highest BCUT2D eigenvalue weighted by molar-refractivity contribution is 9.10. The molecular weight excluding hydrogens is 404 g/mol. The Morgan fingerprint density at radius 2 is 1.83 bits per heavy atom. The SMILES string of the molecule is CN(C)C(=O)c1ccc(Cl)cc1NS(=O)(=O)c1ccccc1Br. The maximum absolute atomic E-state index is 12.6. The van der Waals surface area contributed by atoms with Crippen molar-refractivity contribution in [2.75, 3.05) is 18.8 Å². The van der Waals surface area contributed by atoms with E-state index in [1.165, 1.54) is 29.2 Å². The van der Waals surface area contributed by atoms with Gasteiger partial charge in [-0.05, 0) is 46.3 Å². The second kappa shape index (κ2) is 6.90. The predicted molar refractivity (Wildman–Crippen MR) is 94.4 cm³/mol. The van der Waals surface area contributed by atoms with Crippen LogP contribution in [0, 0.1) is 0 Å². The number of nitrogens with zero attached hydrogens (tertiary/aromatic N) is 1. The monoisotopic (exact) mass is 416 g/mol. The van der Waals surface area contributed by atoms with Crippen LogP contribution in [0.3, 0.4) is 0 Å². The number of sulfonamides is 1. The Kier molecular flexibility index (Phi) is 5.33. The number of anilines is 1. The van der Waals surface area contributed by atoms with Gasteiger partial charge < -0.3 is 4.90 Å². The normalized spacial score (nSPS) is 11.1. The van der Waals surface area contributed by atoms with Gasteiger partial charge >= 0.3 is 0 Å².